The third kappa shape index (κ3) is 3.71. The van der Waals surface area contributed by atoms with Gasteiger partial charge in [-0.05, 0) is 19.8 Å². The van der Waals surface area contributed by atoms with Crippen LogP contribution in [0.15, 0.2) is 12.4 Å². The fourth-order valence-electron chi connectivity index (χ4n) is 3.28. The van der Waals surface area contributed by atoms with E-state index in [1.54, 1.807) is 0 Å². The zero-order chi connectivity index (χ0) is 19.6. The van der Waals surface area contributed by atoms with Crippen molar-refractivity contribution in [3.05, 3.63) is 33.8 Å². The predicted molar refractivity (Wildman–Crippen MR) is 104 cm³/mol. The summed E-state index contributed by atoms with van der Waals surface area (Å²) < 4.78 is 0. The Kier molecular flexibility index (Phi) is 5.82. The summed E-state index contributed by atoms with van der Waals surface area (Å²) in [5.74, 6) is 0.614. The number of aromatic nitrogens is 3. The van der Waals surface area contributed by atoms with Gasteiger partial charge in [-0.1, -0.05) is 23.2 Å². The molecule has 7 nitrogen and oxygen atoms in total. The van der Waals surface area contributed by atoms with E-state index in [9.17, 15) is 10.4 Å². The van der Waals surface area contributed by atoms with Crippen molar-refractivity contribution in [1.82, 2.24) is 15.0 Å². The highest BCUT2D eigenvalue weighted by Crippen LogP contribution is 2.37. The number of nitrogens with zero attached hydrogens (tertiary/aromatic N) is 5. The molecule has 0 spiro atoms. The average molecular weight is 407 g/mol. The smallest absolute Gasteiger partial charge is 0.153 e. The first-order chi connectivity index (χ1) is 12.9. The zero-order valence-corrected chi connectivity index (χ0v) is 16.4. The van der Waals surface area contributed by atoms with E-state index in [1.165, 1.54) is 12.4 Å². The fourth-order valence-corrected chi connectivity index (χ4v) is 3.83. The number of nitriles is 1. The molecule has 2 aromatic heterocycles. The van der Waals surface area contributed by atoms with Gasteiger partial charge in [-0.15, -0.1) is 0 Å². The number of piperidine rings is 1. The number of pyridine rings is 1. The van der Waals surface area contributed by atoms with Crippen LogP contribution in [0, 0.1) is 23.7 Å². The summed E-state index contributed by atoms with van der Waals surface area (Å²) in [6, 6.07) is 2.35. The average Bonchev–Trinajstić information content (AvgIpc) is 2.69. The maximum Gasteiger partial charge on any atom is 0.153 e. The van der Waals surface area contributed by atoms with Crippen molar-refractivity contribution in [3.63, 3.8) is 0 Å². The molecule has 0 bridgehead atoms. The molecular formula is C18H20Cl2N6O. The van der Waals surface area contributed by atoms with Crippen molar-refractivity contribution in [2.24, 2.45) is 11.1 Å². The van der Waals surface area contributed by atoms with Crippen LogP contribution in [0.2, 0.25) is 10.0 Å². The summed E-state index contributed by atoms with van der Waals surface area (Å²) in [6.45, 7) is 3.15. The Morgan fingerprint density at radius 2 is 1.89 bits per heavy atom. The van der Waals surface area contributed by atoms with E-state index in [0.717, 1.165) is 0 Å². The number of nitrogens with two attached hydrogens (primary N) is 1. The third-order valence-corrected chi connectivity index (χ3v) is 5.58. The molecule has 142 valence electrons. The number of hydrogen-bond acceptors (Lipinski definition) is 7. The van der Waals surface area contributed by atoms with Gasteiger partial charge in [0.1, 0.15) is 5.69 Å². The number of hydrogen-bond donors (Lipinski definition) is 2. The minimum atomic E-state index is -0.490. The van der Waals surface area contributed by atoms with Crippen LogP contribution in [0.3, 0.4) is 0 Å². The molecule has 1 aliphatic rings. The molecule has 27 heavy (non-hydrogen) atoms. The Morgan fingerprint density at radius 3 is 2.41 bits per heavy atom. The molecule has 3 heterocycles. The summed E-state index contributed by atoms with van der Waals surface area (Å²) >= 11 is 12.5. The lowest BCUT2D eigenvalue weighted by atomic mass is 9.80. The van der Waals surface area contributed by atoms with E-state index in [0.29, 0.717) is 71.0 Å². The van der Waals surface area contributed by atoms with E-state index in [2.05, 4.69) is 21.0 Å². The molecule has 3 rings (SSSR count). The number of rotatable bonds is 4. The number of aliphatic hydroxyl groups excluding tert-OH is 1. The van der Waals surface area contributed by atoms with Gasteiger partial charge < -0.3 is 15.7 Å². The van der Waals surface area contributed by atoms with E-state index >= 15 is 0 Å². The summed E-state index contributed by atoms with van der Waals surface area (Å²) in [4.78, 5) is 15.3. The molecule has 0 aromatic carbocycles. The van der Waals surface area contributed by atoms with Crippen molar-refractivity contribution in [2.45, 2.75) is 26.4 Å². The lowest BCUT2D eigenvalue weighted by Crippen LogP contribution is -2.44. The van der Waals surface area contributed by atoms with Crippen LogP contribution in [0.4, 0.5) is 5.82 Å². The molecule has 9 heteroatoms. The molecule has 1 aliphatic heterocycles. The van der Waals surface area contributed by atoms with Crippen molar-refractivity contribution in [1.29, 1.82) is 5.26 Å². The summed E-state index contributed by atoms with van der Waals surface area (Å²) in [5, 5.41) is 20.0. The van der Waals surface area contributed by atoms with E-state index in [1.807, 2.05) is 11.8 Å². The molecule has 1 saturated heterocycles. The normalized spacial score (nSPS) is 16.2. The zero-order valence-electron chi connectivity index (χ0n) is 14.9. The van der Waals surface area contributed by atoms with Crippen LogP contribution in [-0.4, -0.2) is 39.7 Å². The molecular weight excluding hydrogens is 387 g/mol. The molecule has 0 radical (unpaired) electrons. The van der Waals surface area contributed by atoms with E-state index in [4.69, 9.17) is 28.9 Å². The highest BCUT2D eigenvalue weighted by molar-refractivity contribution is 6.38. The van der Waals surface area contributed by atoms with Crippen LogP contribution < -0.4 is 10.6 Å². The number of halogens is 2. The van der Waals surface area contributed by atoms with Crippen molar-refractivity contribution >= 4 is 29.0 Å². The van der Waals surface area contributed by atoms with Crippen LogP contribution >= 0.6 is 23.2 Å². The first-order valence-corrected chi connectivity index (χ1v) is 9.34. The standard InChI is InChI=1S/C18H20Cl2N6O/c1-11-16(15-12(19)6-23-7-13(15)20)25-14(8-27)17(24-11)26-4-2-18(9-21,10-22)3-5-26/h6-7,27H,2-5,8-9,21H2,1H3. The van der Waals surface area contributed by atoms with Gasteiger partial charge in [0.2, 0.25) is 0 Å². The van der Waals surface area contributed by atoms with Crippen LogP contribution in [0.1, 0.15) is 24.2 Å². The summed E-state index contributed by atoms with van der Waals surface area (Å²) in [6.07, 6.45) is 4.29. The Morgan fingerprint density at radius 1 is 1.26 bits per heavy atom. The van der Waals surface area contributed by atoms with Crippen molar-refractivity contribution < 1.29 is 5.11 Å². The maximum absolute atomic E-state index is 9.87. The Hall–Kier alpha value is -1.98. The Labute approximate surface area is 167 Å². The summed E-state index contributed by atoms with van der Waals surface area (Å²) in [5.41, 5.74) is 7.45. The number of aryl methyl sites for hydroxylation is 1. The van der Waals surface area contributed by atoms with Crippen molar-refractivity contribution in [3.8, 4) is 17.3 Å². The minimum absolute atomic E-state index is 0.271. The van der Waals surface area contributed by atoms with E-state index in [-0.39, 0.29) is 6.61 Å². The summed E-state index contributed by atoms with van der Waals surface area (Å²) in [7, 11) is 0. The molecule has 0 saturated carbocycles. The second kappa shape index (κ2) is 7.95. The van der Waals surface area contributed by atoms with E-state index < -0.39 is 5.41 Å². The maximum atomic E-state index is 9.87. The monoisotopic (exact) mass is 406 g/mol. The minimum Gasteiger partial charge on any atom is -0.390 e. The van der Waals surface area contributed by atoms with Gasteiger partial charge in [-0.3, -0.25) is 4.98 Å². The largest absolute Gasteiger partial charge is 0.390 e. The molecule has 0 atom stereocenters. The molecule has 1 fully saturated rings. The molecule has 0 aliphatic carbocycles. The second-order valence-electron chi connectivity index (χ2n) is 6.65. The van der Waals surface area contributed by atoms with Crippen LogP contribution in [0.5, 0.6) is 0 Å². The first kappa shape index (κ1) is 19.8. The third-order valence-electron chi connectivity index (χ3n) is 5.01. The lowest BCUT2D eigenvalue weighted by Gasteiger charge is -2.37. The van der Waals surface area contributed by atoms with Crippen molar-refractivity contribution in [2.75, 3.05) is 24.5 Å². The Bertz CT molecular complexity index is 870. The SMILES string of the molecule is Cc1nc(N2CCC(C#N)(CN)CC2)c(CO)nc1-c1c(Cl)cncc1Cl. The highest BCUT2D eigenvalue weighted by atomic mass is 35.5. The number of aliphatic hydroxyl groups is 1. The molecule has 2 aromatic rings. The second-order valence-corrected chi connectivity index (χ2v) is 7.46. The Balaban J connectivity index is 1.98. The first-order valence-electron chi connectivity index (χ1n) is 8.58. The van der Waals surface area contributed by atoms with Gasteiger partial charge >= 0.3 is 0 Å². The molecule has 0 amide bonds. The quantitative estimate of drug-likeness (QED) is 0.802. The predicted octanol–water partition coefficient (Wildman–Crippen LogP) is 2.72. The topological polar surface area (TPSA) is 112 Å². The van der Waals surface area contributed by atoms with Crippen LogP contribution in [0.25, 0.3) is 11.3 Å². The van der Waals surface area contributed by atoms with Gasteiger partial charge in [0.25, 0.3) is 0 Å². The highest BCUT2D eigenvalue weighted by Gasteiger charge is 2.34. The molecule has 0 unspecified atom stereocenters. The van der Waals surface area contributed by atoms with Gasteiger partial charge in [0.05, 0.1) is 39.5 Å². The van der Waals surface area contributed by atoms with Gasteiger partial charge in [0.15, 0.2) is 5.82 Å². The van der Waals surface area contributed by atoms with Crippen LogP contribution in [-0.2, 0) is 6.61 Å². The molecule has 3 N–H and O–H groups in total. The number of anilines is 1. The fraction of sp³-hybridized carbons (Fsp3) is 0.444. The van der Waals surface area contributed by atoms with Gasteiger partial charge in [-0.25, -0.2) is 9.97 Å². The van der Waals surface area contributed by atoms with Gasteiger partial charge in [0, 0.05) is 37.6 Å². The van der Waals surface area contributed by atoms with Gasteiger partial charge in [-0.2, -0.15) is 5.26 Å². The lowest BCUT2D eigenvalue weighted by molar-refractivity contribution is 0.274.